The molecule has 5 unspecified atom stereocenters. The molecule has 36 heavy (non-hydrogen) atoms. The van der Waals surface area contributed by atoms with Gasteiger partial charge in [0.1, 0.15) is 47.9 Å². The number of ether oxygens (including phenoxy) is 4. The number of carbonyl (C=O) groups is 1. The maximum Gasteiger partial charge on any atom is 0.402 e. The highest BCUT2D eigenvalue weighted by Crippen LogP contribution is 2.42. The van der Waals surface area contributed by atoms with Crippen molar-refractivity contribution in [1.82, 2.24) is 0 Å². The summed E-state index contributed by atoms with van der Waals surface area (Å²) in [5.74, 6) is -1.31. The average Bonchev–Trinajstić information content (AvgIpc) is 2.83. The van der Waals surface area contributed by atoms with Crippen molar-refractivity contribution < 1.29 is 58.8 Å². The van der Waals surface area contributed by atoms with Crippen LogP contribution in [0, 0.1) is 0 Å². The number of esters is 1. The van der Waals surface area contributed by atoms with Crippen LogP contribution in [0.5, 0.6) is 28.7 Å². The smallest absolute Gasteiger partial charge is 0.402 e. The third-order valence-corrected chi connectivity index (χ3v) is 5.62. The number of benzene rings is 2. The van der Waals surface area contributed by atoms with E-state index in [1.165, 1.54) is 37.4 Å². The monoisotopic (exact) mass is 505 g/mol. The third kappa shape index (κ3) is 4.93. The van der Waals surface area contributed by atoms with Gasteiger partial charge in [-0.1, -0.05) is 0 Å². The largest absolute Gasteiger partial charge is 0.507 e. The van der Waals surface area contributed by atoms with Crippen molar-refractivity contribution in [2.24, 2.45) is 0 Å². The zero-order chi connectivity index (χ0) is 26.1. The number of hydrogen-bond acceptors (Lipinski definition) is 11. The van der Waals surface area contributed by atoms with Gasteiger partial charge >= 0.3 is 17.3 Å². The molecule has 1 aromatic heterocycles. The van der Waals surface area contributed by atoms with Crippen LogP contribution in [0.2, 0.25) is 0 Å². The van der Waals surface area contributed by atoms with Gasteiger partial charge in [-0.05, 0) is 12.1 Å². The van der Waals surface area contributed by atoms with Crippen molar-refractivity contribution in [3.8, 4) is 40.1 Å². The molecule has 0 aliphatic carbocycles. The summed E-state index contributed by atoms with van der Waals surface area (Å²) in [5, 5.41) is 61.4. The molecule has 0 bridgehead atoms. The minimum absolute atomic E-state index is 0.0266. The SMILES string of the molecule is COc1cc(-c2[o+]c3cc(O)cc(O)c3cc2OC2OC(COC(C)=O)C(O)C(O)C2O)ccc1O. The normalized spacial score (nSPS) is 23.9. The zero-order valence-electron chi connectivity index (χ0n) is 19.2. The molecule has 12 heteroatoms. The van der Waals surface area contributed by atoms with Gasteiger partial charge in [-0.25, -0.2) is 4.42 Å². The first-order chi connectivity index (χ1) is 17.1. The highest BCUT2D eigenvalue weighted by atomic mass is 16.7. The third-order valence-electron chi connectivity index (χ3n) is 5.62. The summed E-state index contributed by atoms with van der Waals surface area (Å²) in [7, 11) is 1.35. The summed E-state index contributed by atoms with van der Waals surface area (Å²) in [6.07, 6.45) is -7.79. The first kappa shape index (κ1) is 25.3. The molecule has 5 atom stereocenters. The molecule has 2 heterocycles. The van der Waals surface area contributed by atoms with Crippen LogP contribution < -0.4 is 9.47 Å². The zero-order valence-corrected chi connectivity index (χ0v) is 19.2. The van der Waals surface area contributed by atoms with Crippen molar-refractivity contribution >= 4 is 16.9 Å². The van der Waals surface area contributed by atoms with E-state index >= 15 is 0 Å². The maximum atomic E-state index is 11.2. The molecule has 0 saturated carbocycles. The first-order valence-electron chi connectivity index (χ1n) is 10.8. The van der Waals surface area contributed by atoms with Gasteiger partial charge < -0.3 is 49.6 Å². The number of aliphatic hydroxyl groups is 3. The predicted octanol–water partition coefficient (Wildman–Crippen LogP) is 1.26. The van der Waals surface area contributed by atoms with Crippen LogP contribution in [0.15, 0.2) is 40.8 Å². The standard InChI is InChI=1S/C24H24O12/c1-10(25)33-9-19-20(29)21(30)22(31)24(36-19)35-18-8-13-15(28)6-12(26)7-16(13)34-23(18)11-3-4-14(27)17(5-11)32-2/h3-8,19-22,24,29-31H,9H2,1-2H3,(H2-,26,27,28)/p+1. The molecule has 1 aliphatic heterocycles. The van der Waals surface area contributed by atoms with E-state index < -0.39 is 43.3 Å². The Hall–Kier alpha value is -3.84. The van der Waals surface area contributed by atoms with E-state index in [-0.39, 0.29) is 45.5 Å². The van der Waals surface area contributed by atoms with Gasteiger partial charge in [0.2, 0.25) is 12.0 Å². The van der Waals surface area contributed by atoms with Crippen molar-refractivity contribution in [2.45, 2.75) is 37.6 Å². The lowest BCUT2D eigenvalue weighted by Gasteiger charge is -2.39. The Morgan fingerprint density at radius 1 is 0.972 bits per heavy atom. The van der Waals surface area contributed by atoms with Crippen LogP contribution in [0.1, 0.15) is 6.92 Å². The summed E-state index contributed by atoms with van der Waals surface area (Å²) < 4.78 is 27.4. The Balaban J connectivity index is 1.79. The lowest BCUT2D eigenvalue weighted by molar-refractivity contribution is -0.278. The second kappa shape index (κ2) is 10.0. The molecule has 3 aromatic rings. The summed E-state index contributed by atoms with van der Waals surface area (Å²) in [6.45, 7) is 0.748. The fraction of sp³-hybridized carbons (Fsp3) is 0.333. The predicted molar refractivity (Wildman–Crippen MR) is 122 cm³/mol. The fourth-order valence-electron chi connectivity index (χ4n) is 3.77. The Bertz CT molecular complexity index is 1280. The van der Waals surface area contributed by atoms with Gasteiger partial charge in [-0.3, -0.25) is 4.79 Å². The molecule has 4 rings (SSSR count). The molecule has 6 N–H and O–H groups in total. The maximum absolute atomic E-state index is 11.2. The minimum Gasteiger partial charge on any atom is -0.507 e. The Morgan fingerprint density at radius 3 is 2.42 bits per heavy atom. The van der Waals surface area contributed by atoms with E-state index in [0.29, 0.717) is 5.56 Å². The van der Waals surface area contributed by atoms with Crippen LogP contribution in [0.4, 0.5) is 0 Å². The van der Waals surface area contributed by atoms with Crippen LogP contribution >= 0.6 is 0 Å². The van der Waals surface area contributed by atoms with Crippen molar-refractivity contribution in [3.05, 3.63) is 36.4 Å². The van der Waals surface area contributed by atoms with Crippen molar-refractivity contribution in [3.63, 3.8) is 0 Å². The van der Waals surface area contributed by atoms with Gasteiger partial charge in [-0.15, -0.1) is 0 Å². The average molecular weight is 505 g/mol. The number of carbonyl (C=O) groups excluding carboxylic acids is 1. The number of hydrogen-bond donors (Lipinski definition) is 6. The lowest BCUT2D eigenvalue weighted by Crippen LogP contribution is -2.60. The second-order valence-electron chi connectivity index (χ2n) is 8.14. The molecule has 0 radical (unpaired) electrons. The summed E-state index contributed by atoms with van der Waals surface area (Å²) in [4.78, 5) is 11.2. The van der Waals surface area contributed by atoms with Crippen LogP contribution in [-0.2, 0) is 14.3 Å². The minimum atomic E-state index is -1.72. The number of phenols is 3. The van der Waals surface area contributed by atoms with E-state index in [2.05, 4.69) is 0 Å². The molecule has 192 valence electrons. The van der Waals surface area contributed by atoms with Crippen molar-refractivity contribution in [1.29, 1.82) is 0 Å². The number of phenolic OH excluding ortho intramolecular Hbond substituents is 3. The fourth-order valence-corrected chi connectivity index (χ4v) is 3.77. The highest BCUT2D eigenvalue weighted by molar-refractivity contribution is 5.88. The van der Waals surface area contributed by atoms with Crippen LogP contribution in [0.3, 0.4) is 0 Å². The first-order valence-corrected chi connectivity index (χ1v) is 10.8. The molecule has 1 aliphatic rings. The molecule has 12 nitrogen and oxygen atoms in total. The number of aliphatic hydroxyl groups excluding tert-OH is 3. The van der Waals surface area contributed by atoms with E-state index in [4.69, 9.17) is 23.4 Å². The summed E-state index contributed by atoms with van der Waals surface area (Å²) in [6, 6.07) is 7.98. The van der Waals surface area contributed by atoms with Crippen LogP contribution in [-0.4, -0.2) is 81.0 Å². The Kier molecular flexibility index (Phi) is 7.04. The molecule has 0 amide bonds. The Morgan fingerprint density at radius 2 is 1.72 bits per heavy atom. The van der Waals surface area contributed by atoms with E-state index in [0.717, 1.165) is 13.0 Å². The Labute approximate surface area is 204 Å². The van der Waals surface area contributed by atoms with Crippen LogP contribution in [0.25, 0.3) is 22.3 Å². The summed E-state index contributed by atoms with van der Waals surface area (Å²) >= 11 is 0. The lowest BCUT2D eigenvalue weighted by atomic mass is 9.99. The number of aromatic hydroxyl groups is 3. The van der Waals surface area contributed by atoms with Gasteiger partial charge in [0.15, 0.2) is 11.5 Å². The van der Waals surface area contributed by atoms with E-state index in [1.54, 1.807) is 0 Å². The van der Waals surface area contributed by atoms with Gasteiger partial charge in [-0.2, -0.15) is 0 Å². The number of rotatable bonds is 6. The topological polar surface area (TPSA) is 187 Å². The molecular weight excluding hydrogens is 480 g/mol. The van der Waals surface area contributed by atoms with E-state index in [1.807, 2.05) is 0 Å². The summed E-state index contributed by atoms with van der Waals surface area (Å²) in [5.41, 5.74) is 0.418. The molecular formula is C24H25O12+. The molecule has 1 fully saturated rings. The number of methoxy groups -OCH3 is 1. The quantitative estimate of drug-likeness (QED) is 0.208. The molecule has 1 saturated heterocycles. The highest BCUT2D eigenvalue weighted by Gasteiger charge is 2.46. The van der Waals surface area contributed by atoms with Gasteiger partial charge in [0.05, 0.1) is 18.7 Å². The van der Waals surface area contributed by atoms with Gasteiger partial charge in [0, 0.05) is 25.1 Å². The van der Waals surface area contributed by atoms with Crippen molar-refractivity contribution in [2.75, 3.05) is 13.7 Å². The second-order valence-corrected chi connectivity index (χ2v) is 8.14. The van der Waals surface area contributed by atoms with Gasteiger partial charge in [0.25, 0.3) is 0 Å². The number of fused-ring (bicyclic) bond motifs is 1. The van der Waals surface area contributed by atoms with E-state index in [9.17, 15) is 35.4 Å². The molecule has 2 aromatic carbocycles. The molecule has 0 spiro atoms.